The molecule has 4 rings (SSSR count). The molecule has 2 aromatic carbocycles. The Morgan fingerprint density at radius 2 is 1.65 bits per heavy atom. The second kappa shape index (κ2) is 6.80. The highest BCUT2D eigenvalue weighted by molar-refractivity contribution is 5.81. The van der Waals surface area contributed by atoms with Gasteiger partial charge in [0.05, 0.1) is 5.56 Å². The first-order chi connectivity index (χ1) is 12.6. The number of phenolic OH excluding ortho intramolecular Hbond substituents is 1. The lowest BCUT2D eigenvalue weighted by atomic mass is 10.1. The van der Waals surface area contributed by atoms with Gasteiger partial charge in [0.25, 0.3) is 0 Å². The molecule has 1 aromatic heterocycles. The Kier molecular flexibility index (Phi) is 4.34. The van der Waals surface area contributed by atoms with E-state index in [1.165, 1.54) is 18.2 Å². The summed E-state index contributed by atoms with van der Waals surface area (Å²) in [6.45, 7) is 3.71. The van der Waals surface area contributed by atoms with Crippen molar-refractivity contribution >= 4 is 16.7 Å². The monoisotopic (exact) mass is 354 g/mol. The van der Waals surface area contributed by atoms with Gasteiger partial charge in [-0.05, 0) is 42.5 Å². The molecule has 1 fully saturated rings. The van der Waals surface area contributed by atoms with E-state index in [1.54, 1.807) is 30.3 Å². The van der Waals surface area contributed by atoms with Crippen molar-refractivity contribution in [1.82, 2.24) is 4.90 Å². The molecule has 0 aliphatic carbocycles. The maximum absolute atomic E-state index is 13.1. The number of hydrogen-bond donors (Lipinski definition) is 1. The molecule has 3 aromatic rings. The van der Waals surface area contributed by atoms with Crippen molar-refractivity contribution in [2.45, 2.75) is 6.54 Å². The molecule has 5 nitrogen and oxygen atoms in total. The summed E-state index contributed by atoms with van der Waals surface area (Å²) in [5.41, 5.74) is 1.66. The molecule has 0 radical (unpaired) electrons. The first kappa shape index (κ1) is 16.6. The van der Waals surface area contributed by atoms with Gasteiger partial charge in [-0.3, -0.25) is 4.90 Å². The van der Waals surface area contributed by atoms with E-state index in [-0.39, 0.29) is 11.6 Å². The SMILES string of the molecule is O=c1ccc2ccc(O)c(CN3CCN(c4ccc(F)cc4)CC3)c2o1. The van der Waals surface area contributed by atoms with Crippen molar-refractivity contribution < 1.29 is 13.9 Å². The number of aromatic hydroxyl groups is 1. The summed E-state index contributed by atoms with van der Waals surface area (Å²) in [7, 11) is 0. The Balaban J connectivity index is 1.50. The van der Waals surface area contributed by atoms with Gasteiger partial charge in [-0.2, -0.15) is 0 Å². The fourth-order valence-electron chi connectivity index (χ4n) is 3.37. The van der Waals surface area contributed by atoms with Crippen LogP contribution in [0.3, 0.4) is 0 Å². The third-order valence-corrected chi connectivity index (χ3v) is 4.81. The molecule has 0 atom stereocenters. The van der Waals surface area contributed by atoms with Crippen LogP contribution in [0.25, 0.3) is 11.0 Å². The first-order valence-electron chi connectivity index (χ1n) is 8.58. The van der Waals surface area contributed by atoms with Crippen molar-refractivity contribution in [2.75, 3.05) is 31.1 Å². The lowest BCUT2D eigenvalue weighted by Crippen LogP contribution is -2.46. The zero-order valence-electron chi connectivity index (χ0n) is 14.2. The van der Waals surface area contributed by atoms with Crippen LogP contribution in [0.1, 0.15) is 5.56 Å². The Labute approximate surface area is 149 Å². The average Bonchev–Trinajstić information content (AvgIpc) is 2.65. The van der Waals surface area contributed by atoms with Crippen LogP contribution in [0.15, 0.2) is 57.7 Å². The van der Waals surface area contributed by atoms with Crippen LogP contribution in [0.4, 0.5) is 10.1 Å². The summed E-state index contributed by atoms with van der Waals surface area (Å²) in [6, 6.07) is 13.0. The van der Waals surface area contributed by atoms with E-state index < -0.39 is 5.63 Å². The standard InChI is InChI=1S/C20H19FN2O3/c21-15-3-5-16(6-4-15)23-11-9-22(10-12-23)13-17-18(24)7-1-14-2-8-19(25)26-20(14)17/h1-8,24H,9-13H2. The minimum atomic E-state index is -0.425. The van der Waals surface area contributed by atoms with Crippen molar-refractivity contribution in [3.05, 3.63) is 70.3 Å². The minimum absolute atomic E-state index is 0.132. The molecule has 0 spiro atoms. The third kappa shape index (κ3) is 3.28. The number of piperazine rings is 1. The molecule has 134 valence electrons. The third-order valence-electron chi connectivity index (χ3n) is 4.81. The van der Waals surface area contributed by atoms with Crippen LogP contribution in [0.2, 0.25) is 0 Å². The second-order valence-electron chi connectivity index (χ2n) is 6.48. The highest BCUT2D eigenvalue weighted by Crippen LogP contribution is 2.28. The first-order valence-corrected chi connectivity index (χ1v) is 8.58. The lowest BCUT2D eigenvalue weighted by Gasteiger charge is -2.36. The van der Waals surface area contributed by atoms with Crippen molar-refractivity contribution in [2.24, 2.45) is 0 Å². The molecule has 0 amide bonds. The normalized spacial score (nSPS) is 15.5. The zero-order chi connectivity index (χ0) is 18.1. The molecule has 1 N–H and O–H groups in total. The average molecular weight is 354 g/mol. The summed E-state index contributed by atoms with van der Waals surface area (Å²) in [6.07, 6.45) is 0. The van der Waals surface area contributed by atoms with Crippen LogP contribution >= 0.6 is 0 Å². The van der Waals surface area contributed by atoms with Gasteiger partial charge in [0.2, 0.25) is 0 Å². The number of anilines is 1. The summed E-state index contributed by atoms with van der Waals surface area (Å²) in [4.78, 5) is 16.0. The van der Waals surface area contributed by atoms with Crippen LogP contribution < -0.4 is 10.5 Å². The van der Waals surface area contributed by atoms with Gasteiger partial charge in [0, 0.05) is 49.9 Å². The summed E-state index contributed by atoms with van der Waals surface area (Å²) in [5, 5.41) is 11.0. The molecule has 6 heteroatoms. The number of hydrogen-bond acceptors (Lipinski definition) is 5. The molecule has 26 heavy (non-hydrogen) atoms. The number of benzene rings is 2. The predicted molar refractivity (Wildman–Crippen MR) is 98.0 cm³/mol. The van der Waals surface area contributed by atoms with Gasteiger partial charge in [-0.15, -0.1) is 0 Å². The van der Waals surface area contributed by atoms with Gasteiger partial charge in [-0.25, -0.2) is 9.18 Å². The molecule has 1 aliphatic rings. The highest BCUT2D eigenvalue weighted by Gasteiger charge is 2.20. The van der Waals surface area contributed by atoms with Gasteiger partial charge < -0.3 is 14.4 Å². The van der Waals surface area contributed by atoms with Gasteiger partial charge in [0.15, 0.2) is 0 Å². The fourth-order valence-corrected chi connectivity index (χ4v) is 3.37. The van der Waals surface area contributed by atoms with E-state index in [0.717, 1.165) is 37.3 Å². The molecular weight excluding hydrogens is 335 g/mol. The quantitative estimate of drug-likeness (QED) is 0.733. The van der Waals surface area contributed by atoms with E-state index in [2.05, 4.69) is 9.80 Å². The Bertz CT molecular complexity index is 977. The zero-order valence-corrected chi connectivity index (χ0v) is 14.2. The summed E-state index contributed by atoms with van der Waals surface area (Å²) >= 11 is 0. The molecule has 1 aliphatic heterocycles. The summed E-state index contributed by atoms with van der Waals surface area (Å²) in [5.74, 6) is -0.104. The summed E-state index contributed by atoms with van der Waals surface area (Å²) < 4.78 is 18.4. The fraction of sp³-hybridized carbons (Fsp3) is 0.250. The molecule has 0 saturated carbocycles. The van der Waals surface area contributed by atoms with Crippen LogP contribution in [-0.2, 0) is 6.54 Å². The topological polar surface area (TPSA) is 56.9 Å². The van der Waals surface area contributed by atoms with E-state index in [4.69, 9.17) is 4.42 Å². The number of nitrogens with zero attached hydrogens (tertiary/aromatic N) is 2. The van der Waals surface area contributed by atoms with E-state index >= 15 is 0 Å². The number of phenols is 1. The van der Waals surface area contributed by atoms with Gasteiger partial charge in [-0.1, -0.05) is 0 Å². The van der Waals surface area contributed by atoms with E-state index in [1.807, 2.05) is 0 Å². The second-order valence-corrected chi connectivity index (χ2v) is 6.48. The van der Waals surface area contributed by atoms with E-state index in [0.29, 0.717) is 17.7 Å². The molecule has 1 saturated heterocycles. The Hall–Kier alpha value is -2.86. The van der Waals surface area contributed by atoms with Crippen molar-refractivity contribution in [1.29, 1.82) is 0 Å². The molecule has 0 unspecified atom stereocenters. The molecule has 0 bridgehead atoms. The Morgan fingerprint density at radius 1 is 0.962 bits per heavy atom. The van der Waals surface area contributed by atoms with Crippen LogP contribution in [-0.4, -0.2) is 36.2 Å². The van der Waals surface area contributed by atoms with Crippen LogP contribution in [0.5, 0.6) is 5.75 Å². The molecular formula is C20H19FN2O3. The maximum Gasteiger partial charge on any atom is 0.336 e. The van der Waals surface area contributed by atoms with Gasteiger partial charge >= 0.3 is 5.63 Å². The number of fused-ring (bicyclic) bond motifs is 1. The maximum atomic E-state index is 13.1. The van der Waals surface area contributed by atoms with Gasteiger partial charge in [0.1, 0.15) is 17.1 Å². The number of halogens is 1. The Morgan fingerprint density at radius 3 is 2.38 bits per heavy atom. The van der Waals surface area contributed by atoms with Crippen molar-refractivity contribution in [3.8, 4) is 5.75 Å². The minimum Gasteiger partial charge on any atom is -0.507 e. The highest BCUT2D eigenvalue weighted by atomic mass is 19.1. The smallest absolute Gasteiger partial charge is 0.336 e. The van der Waals surface area contributed by atoms with Crippen molar-refractivity contribution in [3.63, 3.8) is 0 Å². The number of rotatable bonds is 3. The largest absolute Gasteiger partial charge is 0.507 e. The lowest BCUT2D eigenvalue weighted by molar-refractivity contribution is 0.246. The van der Waals surface area contributed by atoms with E-state index in [9.17, 15) is 14.3 Å². The predicted octanol–water partition coefficient (Wildman–Crippen LogP) is 2.96. The van der Waals surface area contributed by atoms with Crippen LogP contribution in [0, 0.1) is 5.82 Å². The molecule has 2 heterocycles.